The molecule has 0 atom stereocenters. The molecular formula is C17H22NO. The summed E-state index contributed by atoms with van der Waals surface area (Å²) in [4.78, 5) is 2.21. The average Bonchev–Trinajstić information content (AvgIpc) is 2.45. The standard InChI is InChI=1S/C17H22NO/c1-18(2)13-12-14-8-10-15(11-9-14)16-6-4-5-7-17(16)19-3/h4,6-11H,5,12-13H2,1-3H3. The maximum absolute atomic E-state index is 5.43. The molecule has 1 aliphatic carbocycles. The van der Waals surface area contributed by atoms with Gasteiger partial charge in [-0.1, -0.05) is 30.3 Å². The van der Waals surface area contributed by atoms with Gasteiger partial charge in [-0.25, -0.2) is 0 Å². The summed E-state index contributed by atoms with van der Waals surface area (Å²) in [5, 5.41) is 0. The molecule has 0 N–H and O–H groups in total. The van der Waals surface area contributed by atoms with Crippen LogP contribution in [0.5, 0.6) is 0 Å². The second-order valence-corrected chi connectivity index (χ2v) is 5.07. The number of likely N-dealkylation sites (N-methyl/N-ethyl adjacent to an activating group) is 1. The summed E-state index contributed by atoms with van der Waals surface area (Å²) in [5.74, 6) is 0.976. The highest BCUT2D eigenvalue weighted by Gasteiger charge is 2.11. The Balaban J connectivity index is 2.10. The van der Waals surface area contributed by atoms with Gasteiger partial charge in [-0.05, 0) is 50.6 Å². The van der Waals surface area contributed by atoms with Gasteiger partial charge in [0.05, 0.1) is 7.11 Å². The second-order valence-electron chi connectivity index (χ2n) is 5.07. The van der Waals surface area contributed by atoms with Crippen LogP contribution in [0.3, 0.4) is 0 Å². The highest BCUT2D eigenvalue weighted by Crippen LogP contribution is 2.28. The number of benzene rings is 1. The van der Waals surface area contributed by atoms with Gasteiger partial charge in [0.1, 0.15) is 5.76 Å². The van der Waals surface area contributed by atoms with Crippen LogP contribution in [0.15, 0.2) is 42.2 Å². The van der Waals surface area contributed by atoms with E-state index in [2.05, 4.69) is 61.8 Å². The Hall–Kier alpha value is -1.54. The lowest BCUT2D eigenvalue weighted by atomic mass is 9.96. The first kappa shape index (κ1) is 13.9. The van der Waals surface area contributed by atoms with Crippen LogP contribution in [0.2, 0.25) is 0 Å². The molecule has 1 aliphatic rings. The van der Waals surface area contributed by atoms with E-state index < -0.39 is 0 Å². The van der Waals surface area contributed by atoms with E-state index >= 15 is 0 Å². The Kier molecular flexibility index (Phi) is 4.80. The van der Waals surface area contributed by atoms with E-state index in [0.717, 1.165) is 25.1 Å². The van der Waals surface area contributed by atoms with Crippen molar-refractivity contribution in [3.05, 3.63) is 59.7 Å². The zero-order chi connectivity index (χ0) is 13.7. The van der Waals surface area contributed by atoms with E-state index in [9.17, 15) is 0 Å². The number of hydrogen-bond acceptors (Lipinski definition) is 2. The van der Waals surface area contributed by atoms with E-state index in [1.165, 1.54) is 16.7 Å². The third-order valence-corrected chi connectivity index (χ3v) is 3.32. The van der Waals surface area contributed by atoms with Crippen molar-refractivity contribution in [3.63, 3.8) is 0 Å². The molecular weight excluding hydrogens is 234 g/mol. The Labute approximate surface area is 116 Å². The summed E-state index contributed by atoms with van der Waals surface area (Å²) in [5.41, 5.74) is 3.77. The first-order valence-corrected chi connectivity index (χ1v) is 6.73. The van der Waals surface area contributed by atoms with Crippen molar-refractivity contribution in [2.45, 2.75) is 12.8 Å². The van der Waals surface area contributed by atoms with Crippen LogP contribution in [0, 0.1) is 6.42 Å². The molecule has 0 unspecified atom stereocenters. The molecule has 0 saturated carbocycles. The zero-order valence-corrected chi connectivity index (χ0v) is 12.0. The molecule has 0 heterocycles. The lowest BCUT2D eigenvalue weighted by molar-refractivity contribution is 0.309. The van der Waals surface area contributed by atoms with Gasteiger partial charge in [-0.3, -0.25) is 0 Å². The van der Waals surface area contributed by atoms with Gasteiger partial charge in [0, 0.05) is 12.1 Å². The van der Waals surface area contributed by atoms with Crippen molar-refractivity contribution in [2.75, 3.05) is 27.7 Å². The van der Waals surface area contributed by atoms with Crippen LogP contribution >= 0.6 is 0 Å². The molecule has 0 fully saturated rings. The largest absolute Gasteiger partial charge is 0.496 e. The van der Waals surface area contributed by atoms with Crippen molar-refractivity contribution >= 4 is 5.57 Å². The molecule has 2 rings (SSSR count). The average molecular weight is 256 g/mol. The number of ether oxygens (including phenoxy) is 1. The van der Waals surface area contributed by atoms with Crippen LogP contribution in [-0.4, -0.2) is 32.6 Å². The molecule has 1 aromatic carbocycles. The summed E-state index contributed by atoms with van der Waals surface area (Å²) in [6, 6.07) is 8.79. The maximum Gasteiger partial charge on any atom is 0.122 e. The summed E-state index contributed by atoms with van der Waals surface area (Å²) >= 11 is 0. The third-order valence-electron chi connectivity index (χ3n) is 3.32. The van der Waals surface area contributed by atoms with Gasteiger partial charge in [0.2, 0.25) is 0 Å². The van der Waals surface area contributed by atoms with Crippen LogP contribution in [0.4, 0.5) is 0 Å². The van der Waals surface area contributed by atoms with Gasteiger partial charge >= 0.3 is 0 Å². The quantitative estimate of drug-likeness (QED) is 0.801. The maximum atomic E-state index is 5.43. The molecule has 0 aliphatic heterocycles. The first-order chi connectivity index (χ1) is 9.20. The summed E-state index contributed by atoms with van der Waals surface area (Å²) in [6.07, 6.45) is 8.47. The van der Waals surface area contributed by atoms with Crippen LogP contribution in [0.25, 0.3) is 5.57 Å². The van der Waals surface area contributed by atoms with E-state index in [4.69, 9.17) is 4.74 Å². The lowest BCUT2D eigenvalue weighted by Gasteiger charge is -2.16. The fraction of sp³-hybridized carbons (Fsp3) is 0.353. The normalized spacial score (nSPS) is 15.2. The van der Waals surface area contributed by atoms with E-state index in [0.29, 0.717) is 0 Å². The minimum atomic E-state index is 0.952. The Morgan fingerprint density at radius 1 is 1.16 bits per heavy atom. The first-order valence-electron chi connectivity index (χ1n) is 6.73. The number of hydrogen-bond donors (Lipinski definition) is 0. The van der Waals surface area contributed by atoms with Gasteiger partial charge < -0.3 is 9.64 Å². The molecule has 0 bridgehead atoms. The van der Waals surface area contributed by atoms with Crippen molar-refractivity contribution < 1.29 is 4.74 Å². The number of nitrogens with zero attached hydrogens (tertiary/aromatic N) is 1. The monoisotopic (exact) mass is 256 g/mol. The van der Waals surface area contributed by atoms with Gasteiger partial charge in [0.15, 0.2) is 0 Å². The third kappa shape index (κ3) is 3.71. The second kappa shape index (κ2) is 6.58. The van der Waals surface area contributed by atoms with E-state index in [1.54, 1.807) is 7.11 Å². The molecule has 1 aromatic rings. The van der Waals surface area contributed by atoms with Crippen molar-refractivity contribution in [1.82, 2.24) is 4.90 Å². The fourth-order valence-electron chi connectivity index (χ4n) is 2.19. The Morgan fingerprint density at radius 2 is 1.89 bits per heavy atom. The molecule has 0 saturated heterocycles. The van der Waals surface area contributed by atoms with Crippen molar-refractivity contribution in [1.29, 1.82) is 0 Å². The lowest BCUT2D eigenvalue weighted by Crippen LogP contribution is -2.14. The molecule has 0 aromatic heterocycles. The molecule has 2 heteroatoms. The fourth-order valence-corrected chi connectivity index (χ4v) is 2.19. The summed E-state index contributed by atoms with van der Waals surface area (Å²) in [7, 11) is 5.94. The number of rotatable bonds is 5. The van der Waals surface area contributed by atoms with E-state index in [-0.39, 0.29) is 0 Å². The number of methoxy groups -OCH3 is 1. The molecule has 19 heavy (non-hydrogen) atoms. The Bertz CT molecular complexity index is 469. The zero-order valence-electron chi connectivity index (χ0n) is 12.0. The van der Waals surface area contributed by atoms with Crippen LogP contribution in [0.1, 0.15) is 17.5 Å². The smallest absolute Gasteiger partial charge is 0.122 e. The Morgan fingerprint density at radius 3 is 2.53 bits per heavy atom. The van der Waals surface area contributed by atoms with Gasteiger partial charge in [0.25, 0.3) is 0 Å². The van der Waals surface area contributed by atoms with Gasteiger partial charge in [-0.2, -0.15) is 0 Å². The van der Waals surface area contributed by atoms with Gasteiger partial charge in [-0.15, -0.1) is 0 Å². The minimum Gasteiger partial charge on any atom is -0.496 e. The van der Waals surface area contributed by atoms with E-state index in [1.807, 2.05) is 0 Å². The van der Waals surface area contributed by atoms with Crippen molar-refractivity contribution in [2.24, 2.45) is 0 Å². The topological polar surface area (TPSA) is 12.5 Å². The highest BCUT2D eigenvalue weighted by molar-refractivity contribution is 5.79. The van der Waals surface area contributed by atoms with Crippen LogP contribution in [-0.2, 0) is 11.2 Å². The minimum absolute atomic E-state index is 0.952. The highest BCUT2D eigenvalue weighted by atomic mass is 16.5. The predicted octanol–water partition coefficient (Wildman–Crippen LogP) is 3.31. The summed E-state index contributed by atoms with van der Waals surface area (Å²) in [6.45, 7) is 1.08. The SMILES string of the molecule is COC1=CC[CH]C=C1c1ccc(CCN(C)C)cc1. The predicted molar refractivity (Wildman–Crippen MR) is 80.7 cm³/mol. The molecule has 2 nitrogen and oxygen atoms in total. The van der Waals surface area contributed by atoms with Crippen LogP contribution < -0.4 is 0 Å². The summed E-state index contributed by atoms with van der Waals surface area (Å²) < 4.78 is 5.43. The number of allylic oxidation sites excluding steroid dienone is 3. The molecule has 0 amide bonds. The van der Waals surface area contributed by atoms with Crippen molar-refractivity contribution in [3.8, 4) is 0 Å². The molecule has 0 spiro atoms. The molecule has 1 radical (unpaired) electrons. The molecule has 101 valence electrons.